The van der Waals surface area contributed by atoms with Crippen molar-refractivity contribution >= 4 is 5.91 Å². The first-order valence-corrected chi connectivity index (χ1v) is 7.53. The molecule has 1 fully saturated rings. The molecule has 0 saturated carbocycles. The van der Waals surface area contributed by atoms with Gasteiger partial charge in [-0.2, -0.15) is 0 Å². The van der Waals surface area contributed by atoms with E-state index in [0.717, 1.165) is 45.5 Å². The van der Waals surface area contributed by atoms with Crippen LogP contribution in [0.15, 0.2) is 0 Å². The third kappa shape index (κ3) is 5.89. The molecule has 0 aromatic rings. The second-order valence-electron chi connectivity index (χ2n) is 5.16. The Hall–Kier alpha value is -0.650. The van der Waals surface area contributed by atoms with Gasteiger partial charge in [0.2, 0.25) is 5.91 Å². The molecule has 1 aliphatic rings. The van der Waals surface area contributed by atoms with Gasteiger partial charge in [-0.05, 0) is 32.7 Å². The lowest BCUT2D eigenvalue weighted by atomic mass is 10.0. The Labute approximate surface area is 116 Å². The molecule has 0 aromatic carbocycles. The number of rotatable bonds is 8. The van der Waals surface area contributed by atoms with Crippen LogP contribution in [0.2, 0.25) is 0 Å². The van der Waals surface area contributed by atoms with Gasteiger partial charge in [0, 0.05) is 38.7 Å². The zero-order valence-corrected chi connectivity index (χ0v) is 12.4. The lowest BCUT2D eigenvalue weighted by molar-refractivity contribution is -0.122. The molecule has 5 heteroatoms. The Morgan fingerprint density at radius 3 is 2.95 bits per heavy atom. The van der Waals surface area contributed by atoms with Crippen LogP contribution < -0.4 is 11.1 Å². The highest BCUT2D eigenvalue weighted by Gasteiger charge is 2.26. The first-order valence-electron chi connectivity index (χ1n) is 7.53. The van der Waals surface area contributed by atoms with Gasteiger partial charge in [0.25, 0.3) is 0 Å². The van der Waals surface area contributed by atoms with Crippen molar-refractivity contribution in [3.8, 4) is 0 Å². The maximum Gasteiger partial charge on any atom is 0.221 e. The van der Waals surface area contributed by atoms with E-state index in [2.05, 4.69) is 17.1 Å². The minimum Gasteiger partial charge on any atom is -0.377 e. The van der Waals surface area contributed by atoms with Crippen molar-refractivity contribution in [2.45, 2.75) is 51.7 Å². The van der Waals surface area contributed by atoms with Crippen LogP contribution in [0.4, 0.5) is 0 Å². The summed E-state index contributed by atoms with van der Waals surface area (Å²) < 4.78 is 5.69. The first-order chi connectivity index (χ1) is 9.21. The van der Waals surface area contributed by atoms with E-state index < -0.39 is 0 Å². The van der Waals surface area contributed by atoms with Crippen molar-refractivity contribution in [2.75, 3.05) is 32.8 Å². The van der Waals surface area contributed by atoms with E-state index in [1.165, 1.54) is 0 Å². The number of amides is 1. The van der Waals surface area contributed by atoms with Crippen molar-refractivity contribution in [2.24, 2.45) is 5.73 Å². The van der Waals surface area contributed by atoms with E-state index in [9.17, 15) is 4.79 Å². The molecule has 1 amide bonds. The van der Waals surface area contributed by atoms with Gasteiger partial charge < -0.3 is 15.8 Å². The second kappa shape index (κ2) is 9.28. The second-order valence-corrected chi connectivity index (χ2v) is 5.16. The van der Waals surface area contributed by atoms with Crippen LogP contribution in [-0.2, 0) is 9.53 Å². The van der Waals surface area contributed by atoms with Gasteiger partial charge in [0.1, 0.15) is 0 Å². The number of nitrogens with two attached hydrogens (primary N) is 1. The molecule has 2 unspecified atom stereocenters. The number of likely N-dealkylation sites (tertiary alicyclic amines) is 1. The van der Waals surface area contributed by atoms with Crippen molar-refractivity contribution in [1.82, 2.24) is 10.2 Å². The highest BCUT2D eigenvalue weighted by atomic mass is 16.5. The molecule has 0 spiro atoms. The smallest absolute Gasteiger partial charge is 0.221 e. The summed E-state index contributed by atoms with van der Waals surface area (Å²) in [6.07, 6.45) is 4.00. The Morgan fingerprint density at radius 2 is 2.32 bits per heavy atom. The molecule has 1 rings (SSSR count). The summed E-state index contributed by atoms with van der Waals surface area (Å²) in [6, 6.07) is 0.139. The van der Waals surface area contributed by atoms with Crippen LogP contribution in [0.1, 0.15) is 39.5 Å². The number of nitrogens with zero attached hydrogens (tertiary/aromatic N) is 1. The van der Waals surface area contributed by atoms with Gasteiger partial charge in [-0.25, -0.2) is 0 Å². The predicted molar refractivity (Wildman–Crippen MR) is 77.0 cm³/mol. The molecule has 3 N–H and O–H groups in total. The number of hydrogen-bond acceptors (Lipinski definition) is 4. The van der Waals surface area contributed by atoms with Crippen LogP contribution in [0.5, 0.6) is 0 Å². The summed E-state index contributed by atoms with van der Waals surface area (Å²) in [5, 5.41) is 2.92. The quantitative estimate of drug-likeness (QED) is 0.683. The zero-order chi connectivity index (χ0) is 14.1. The topological polar surface area (TPSA) is 67.6 Å². The molecule has 1 heterocycles. The average molecular weight is 271 g/mol. The van der Waals surface area contributed by atoms with E-state index in [0.29, 0.717) is 19.1 Å². The van der Waals surface area contributed by atoms with Crippen LogP contribution >= 0.6 is 0 Å². The molecule has 2 atom stereocenters. The van der Waals surface area contributed by atoms with Gasteiger partial charge >= 0.3 is 0 Å². The van der Waals surface area contributed by atoms with E-state index in [4.69, 9.17) is 10.5 Å². The van der Waals surface area contributed by atoms with Crippen LogP contribution in [0.3, 0.4) is 0 Å². The molecule has 1 saturated heterocycles. The van der Waals surface area contributed by atoms with Crippen molar-refractivity contribution in [3.05, 3.63) is 0 Å². The highest BCUT2D eigenvalue weighted by molar-refractivity contribution is 5.76. The third-order valence-electron chi connectivity index (χ3n) is 3.59. The maximum atomic E-state index is 11.8. The van der Waals surface area contributed by atoms with E-state index >= 15 is 0 Å². The Bertz CT molecular complexity index is 259. The molecule has 0 bridgehead atoms. The van der Waals surface area contributed by atoms with E-state index in [1.807, 2.05) is 6.92 Å². The summed E-state index contributed by atoms with van der Waals surface area (Å²) in [6.45, 7) is 8.03. The average Bonchev–Trinajstić information content (AvgIpc) is 2.43. The minimum absolute atomic E-state index is 0.107. The Kier molecular flexibility index (Phi) is 8.02. The maximum absolute atomic E-state index is 11.8. The molecule has 112 valence electrons. The SMILES string of the molecule is CCCNC(=O)CC(CN)N1CCCC(OCC)C1. The standard InChI is InChI=1S/C14H29N3O2/c1-3-7-16-14(18)9-12(10-15)17-8-5-6-13(11-17)19-4-2/h12-13H,3-11,15H2,1-2H3,(H,16,18). The fourth-order valence-electron chi connectivity index (χ4n) is 2.58. The van der Waals surface area contributed by atoms with Gasteiger partial charge in [-0.3, -0.25) is 9.69 Å². The largest absolute Gasteiger partial charge is 0.377 e. The van der Waals surface area contributed by atoms with Crippen molar-refractivity contribution in [3.63, 3.8) is 0 Å². The van der Waals surface area contributed by atoms with Gasteiger partial charge in [-0.1, -0.05) is 6.92 Å². The molecule has 1 aliphatic heterocycles. The number of hydrogen-bond donors (Lipinski definition) is 2. The predicted octanol–water partition coefficient (Wildman–Crippen LogP) is 0.731. The summed E-state index contributed by atoms with van der Waals surface area (Å²) in [7, 11) is 0. The number of ether oxygens (including phenoxy) is 1. The fourth-order valence-corrected chi connectivity index (χ4v) is 2.58. The Morgan fingerprint density at radius 1 is 1.53 bits per heavy atom. The van der Waals surface area contributed by atoms with Crippen LogP contribution in [-0.4, -0.2) is 55.7 Å². The van der Waals surface area contributed by atoms with E-state index in [1.54, 1.807) is 0 Å². The molecule has 0 aliphatic carbocycles. The molecule has 19 heavy (non-hydrogen) atoms. The molecule has 5 nitrogen and oxygen atoms in total. The van der Waals surface area contributed by atoms with Gasteiger partial charge in [0.15, 0.2) is 0 Å². The highest BCUT2D eigenvalue weighted by Crippen LogP contribution is 2.16. The number of carbonyl (C=O) groups is 1. The molecular formula is C14H29N3O2. The summed E-state index contributed by atoms with van der Waals surface area (Å²) in [5.74, 6) is 0.107. The summed E-state index contributed by atoms with van der Waals surface area (Å²) in [5.41, 5.74) is 5.84. The number of carbonyl (C=O) groups excluding carboxylic acids is 1. The monoisotopic (exact) mass is 271 g/mol. The van der Waals surface area contributed by atoms with Crippen molar-refractivity contribution in [1.29, 1.82) is 0 Å². The normalized spacial score (nSPS) is 22.2. The van der Waals surface area contributed by atoms with Crippen LogP contribution in [0.25, 0.3) is 0 Å². The molecular weight excluding hydrogens is 242 g/mol. The molecule has 0 aromatic heterocycles. The number of piperidine rings is 1. The van der Waals surface area contributed by atoms with Crippen molar-refractivity contribution < 1.29 is 9.53 Å². The number of nitrogens with one attached hydrogen (secondary N) is 1. The van der Waals surface area contributed by atoms with Gasteiger partial charge in [0.05, 0.1) is 6.10 Å². The van der Waals surface area contributed by atoms with E-state index in [-0.39, 0.29) is 11.9 Å². The molecule has 0 radical (unpaired) electrons. The van der Waals surface area contributed by atoms with Gasteiger partial charge in [-0.15, -0.1) is 0 Å². The zero-order valence-electron chi connectivity index (χ0n) is 12.4. The fraction of sp³-hybridized carbons (Fsp3) is 0.929. The summed E-state index contributed by atoms with van der Waals surface area (Å²) in [4.78, 5) is 14.1. The minimum atomic E-state index is 0.107. The summed E-state index contributed by atoms with van der Waals surface area (Å²) >= 11 is 0. The first kappa shape index (κ1) is 16.4. The lowest BCUT2D eigenvalue weighted by Gasteiger charge is -2.37. The third-order valence-corrected chi connectivity index (χ3v) is 3.59. The lowest BCUT2D eigenvalue weighted by Crippen LogP contribution is -2.50. The van der Waals surface area contributed by atoms with Crippen LogP contribution in [0, 0.1) is 0 Å². The Balaban J connectivity index is 2.42.